The first kappa shape index (κ1) is 21.2. The number of benzene rings is 3. The smallest absolute Gasteiger partial charge is 0.255 e. The van der Waals surface area contributed by atoms with Crippen LogP contribution in [0.3, 0.4) is 0 Å². The van der Waals surface area contributed by atoms with Gasteiger partial charge in [-0.25, -0.2) is 0 Å². The zero-order chi connectivity index (χ0) is 22.8. The Labute approximate surface area is 185 Å². The Bertz CT molecular complexity index is 1340. The van der Waals surface area contributed by atoms with E-state index in [0.717, 1.165) is 10.9 Å². The first-order chi connectivity index (χ1) is 15.4. The number of hydrogen-bond acceptors (Lipinski definition) is 5. The van der Waals surface area contributed by atoms with Gasteiger partial charge in [0.2, 0.25) is 5.78 Å². The lowest BCUT2D eigenvalue weighted by atomic mass is 10.0. The number of fused-ring (bicyclic) bond motifs is 1. The summed E-state index contributed by atoms with van der Waals surface area (Å²) < 4.78 is 16.5. The van der Waals surface area contributed by atoms with Crippen LogP contribution in [-0.2, 0) is 0 Å². The third-order valence-electron chi connectivity index (χ3n) is 5.44. The summed E-state index contributed by atoms with van der Waals surface area (Å²) in [6.07, 6.45) is 0. The van der Waals surface area contributed by atoms with Gasteiger partial charge in [-0.1, -0.05) is 18.2 Å². The van der Waals surface area contributed by atoms with Crippen LogP contribution < -0.4 is 14.8 Å². The van der Waals surface area contributed by atoms with Crippen molar-refractivity contribution in [1.29, 1.82) is 0 Å². The predicted molar refractivity (Wildman–Crippen MR) is 123 cm³/mol. The van der Waals surface area contributed by atoms with Crippen LogP contribution >= 0.6 is 0 Å². The molecule has 0 atom stereocenters. The molecule has 0 unspecified atom stereocenters. The summed E-state index contributed by atoms with van der Waals surface area (Å²) in [6, 6.07) is 17.7. The number of furan rings is 1. The van der Waals surface area contributed by atoms with Crippen molar-refractivity contribution < 1.29 is 23.5 Å². The van der Waals surface area contributed by atoms with Gasteiger partial charge < -0.3 is 19.2 Å². The van der Waals surface area contributed by atoms with Crippen LogP contribution in [0.5, 0.6) is 11.5 Å². The molecule has 0 bridgehead atoms. The molecule has 4 rings (SSSR count). The number of methoxy groups -OCH3 is 2. The van der Waals surface area contributed by atoms with Crippen molar-refractivity contribution in [3.8, 4) is 11.5 Å². The van der Waals surface area contributed by atoms with Crippen LogP contribution in [0.1, 0.15) is 37.6 Å². The molecule has 32 heavy (non-hydrogen) atoms. The summed E-state index contributed by atoms with van der Waals surface area (Å²) in [4.78, 5) is 25.9. The molecule has 0 aliphatic heterocycles. The van der Waals surface area contributed by atoms with Gasteiger partial charge in [-0.3, -0.25) is 9.59 Å². The molecule has 3 aromatic carbocycles. The fraction of sp³-hybridized carbons (Fsp3) is 0.154. The number of ether oxygens (including phenoxy) is 2. The Hall–Kier alpha value is -4.06. The van der Waals surface area contributed by atoms with Crippen molar-refractivity contribution in [2.24, 2.45) is 0 Å². The number of nitrogens with one attached hydrogen (secondary N) is 1. The van der Waals surface area contributed by atoms with Gasteiger partial charge in [0.25, 0.3) is 5.91 Å². The van der Waals surface area contributed by atoms with E-state index in [1.807, 2.05) is 38.1 Å². The van der Waals surface area contributed by atoms with Gasteiger partial charge >= 0.3 is 0 Å². The molecule has 0 fully saturated rings. The van der Waals surface area contributed by atoms with Crippen LogP contribution in [0.25, 0.3) is 11.0 Å². The van der Waals surface area contributed by atoms with Crippen molar-refractivity contribution in [1.82, 2.24) is 0 Å². The van der Waals surface area contributed by atoms with E-state index < -0.39 is 0 Å². The summed E-state index contributed by atoms with van der Waals surface area (Å²) in [5.74, 6) is 0.695. The molecule has 162 valence electrons. The molecule has 6 nitrogen and oxygen atoms in total. The average Bonchev–Trinajstić information content (AvgIpc) is 3.14. The third-order valence-corrected chi connectivity index (χ3v) is 5.44. The SMILES string of the molecule is COc1ccc(OC)c(C(=O)c2oc3ccc(NC(=O)c4ccccc4C)cc3c2C)c1. The maximum absolute atomic E-state index is 13.3. The Kier molecular flexibility index (Phi) is 5.69. The molecular formula is C26H23NO5. The molecule has 0 saturated carbocycles. The lowest BCUT2D eigenvalue weighted by Gasteiger charge is -2.09. The molecule has 1 N–H and O–H groups in total. The molecule has 0 aliphatic rings. The maximum atomic E-state index is 13.3. The number of anilines is 1. The molecule has 6 heteroatoms. The van der Waals surface area contributed by atoms with Crippen molar-refractivity contribution >= 4 is 28.3 Å². The highest BCUT2D eigenvalue weighted by atomic mass is 16.5. The van der Waals surface area contributed by atoms with E-state index in [4.69, 9.17) is 13.9 Å². The fourth-order valence-electron chi connectivity index (χ4n) is 3.66. The van der Waals surface area contributed by atoms with Crippen LogP contribution in [0.15, 0.2) is 65.1 Å². The van der Waals surface area contributed by atoms with Gasteiger partial charge in [-0.05, 0) is 61.9 Å². The Morgan fingerprint density at radius 2 is 1.66 bits per heavy atom. The third kappa shape index (κ3) is 3.83. The zero-order valence-corrected chi connectivity index (χ0v) is 18.3. The van der Waals surface area contributed by atoms with Crippen molar-refractivity contribution in [3.63, 3.8) is 0 Å². The van der Waals surface area contributed by atoms with Crippen LogP contribution in [0.4, 0.5) is 5.69 Å². The van der Waals surface area contributed by atoms with Gasteiger partial charge in [0.15, 0.2) is 5.76 Å². The Morgan fingerprint density at radius 3 is 2.38 bits per heavy atom. The second-order valence-corrected chi connectivity index (χ2v) is 7.43. The van der Waals surface area contributed by atoms with Crippen molar-refractivity contribution in [3.05, 3.63) is 88.7 Å². The number of rotatable bonds is 6. The van der Waals surface area contributed by atoms with E-state index in [-0.39, 0.29) is 17.5 Å². The van der Waals surface area contributed by atoms with E-state index in [1.54, 1.807) is 36.4 Å². The summed E-state index contributed by atoms with van der Waals surface area (Å²) in [5.41, 5.74) is 3.71. The molecule has 0 radical (unpaired) electrons. The summed E-state index contributed by atoms with van der Waals surface area (Å²) in [6.45, 7) is 3.71. The normalized spacial score (nSPS) is 10.8. The van der Waals surface area contributed by atoms with Crippen LogP contribution in [-0.4, -0.2) is 25.9 Å². The zero-order valence-electron chi connectivity index (χ0n) is 18.3. The highest BCUT2D eigenvalue weighted by molar-refractivity contribution is 6.12. The monoisotopic (exact) mass is 429 g/mol. The number of aryl methyl sites for hydroxylation is 2. The van der Waals surface area contributed by atoms with Crippen molar-refractivity contribution in [2.75, 3.05) is 19.5 Å². The standard InChI is InChI=1S/C26H23NO5/c1-15-7-5-6-8-19(15)26(29)27-17-9-11-23-20(13-17)16(2)25(32-23)24(28)21-14-18(30-3)10-12-22(21)31-4/h5-14H,1-4H3,(H,27,29). The van der Waals surface area contributed by atoms with E-state index in [9.17, 15) is 9.59 Å². The fourth-order valence-corrected chi connectivity index (χ4v) is 3.66. The molecule has 0 aliphatic carbocycles. The maximum Gasteiger partial charge on any atom is 0.255 e. The van der Waals surface area contributed by atoms with Gasteiger partial charge in [0.1, 0.15) is 17.1 Å². The second kappa shape index (κ2) is 8.59. The molecule has 0 spiro atoms. The second-order valence-electron chi connectivity index (χ2n) is 7.43. The molecule has 1 heterocycles. The topological polar surface area (TPSA) is 77.8 Å². The van der Waals surface area contributed by atoms with Crippen molar-refractivity contribution in [2.45, 2.75) is 13.8 Å². The first-order valence-corrected chi connectivity index (χ1v) is 10.1. The molecule has 0 saturated heterocycles. The van der Waals surface area contributed by atoms with Crippen LogP contribution in [0.2, 0.25) is 0 Å². The quantitative estimate of drug-likeness (QED) is 0.407. The minimum atomic E-state index is -0.306. The number of carbonyl (C=O) groups is 2. The molecular weight excluding hydrogens is 406 g/mol. The minimum absolute atomic E-state index is 0.194. The highest BCUT2D eigenvalue weighted by Crippen LogP contribution is 2.33. The van der Waals surface area contributed by atoms with E-state index in [0.29, 0.717) is 39.5 Å². The number of hydrogen-bond donors (Lipinski definition) is 1. The van der Waals surface area contributed by atoms with Gasteiger partial charge in [0.05, 0.1) is 19.8 Å². The van der Waals surface area contributed by atoms with Gasteiger partial charge in [0, 0.05) is 22.2 Å². The van der Waals surface area contributed by atoms with E-state index >= 15 is 0 Å². The summed E-state index contributed by atoms with van der Waals surface area (Å²) in [5, 5.41) is 3.67. The number of carbonyl (C=O) groups excluding carboxylic acids is 2. The number of ketones is 1. The van der Waals surface area contributed by atoms with E-state index in [1.165, 1.54) is 14.2 Å². The molecule has 1 amide bonds. The molecule has 4 aromatic rings. The summed E-state index contributed by atoms with van der Waals surface area (Å²) >= 11 is 0. The average molecular weight is 429 g/mol. The largest absolute Gasteiger partial charge is 0.497 e. The Balaban J connectivity index is 1.69. The van der Waals surface area contributed by atoms with Gasteiger partial charge in [-0.15, -0.1) is 0 Å². The summed E-state index contributed by atoms with van der Waals surface area (Å²) in [7, 11) is 3.04. The number of amides is 1. The predicted octanol–water partition coefficient (Wildman–Crippen LogP) is 5.55. The first-order valence-electron chi connectivity index (χ1n) is 10.1. The Morgan fingerprint density at radius 1 is 0.875 bits per heavy atom. The lowest BCUT2D eigenvalue weighted by Crippen LogP contribution is -2.13. The minimum Gasteiger partial charge on any atom is -0.497 e. The van der Waals surface area contributed by atoms with Gasteiger partial charge in [-0.2, -0.15) is 0 Å². The molecule has 1 aromatic heterocycles. The van der Waals surface area contributed by atoms with E-state index in [2.05, 4.69) is 5.32 Å². The highest BCUT2D eigenvalue weighted by Gasteiger charge is 2.23. The lowest BCUT2D eigenvalue weighted by molar-refractivity contribution is 0.100. The van der Waals surface area contributed by atoms with Crippen LogP contribution in [0, 0.1) is 13.8 Å².